The molecule has 0 aliphatic heterocycles. The van der Waals surface area contributed by atoms with Crippen LogP contribution in [0.1, 0.15) is 48.2 Å². The summed E-state index contributed by atoms with van der Waals surface area (Å²) in [6.07, 6.45) is 1.55. The van der Waals surface area contributed by atoms with Gasteiger partial charge in [0.15, 0.2) is 0 Å². The van der Waals surface area contributed by atoms with Crippen molar-refractivity contribution in [2.24, 2.45) is 5.92 Å². The second-order valence-electron chi connectivity index (χ2n) is 6.86. The number of rotatable bonds is 6. The largest absolute Gasteiger partial charge is 0.422 e. The summed E-state index contributed by atoms with van der Waals surface area (Å²) >= 11 is 0. The van der Waals surface area contributed by atoms with Gasteiger partial charge in [-0.2, -0.15) is 0 Å². The van der Waals surface area contributed by atoms with Crippen molar-refractivity contribution < 1.29 is 18.8 Å². The van der Waals surface area contributed by atoms with E-state index in [1.807, 2.05) is 30.3 Å². The lowest BCUT2D eigenvalue weighted by Gasteiger charge is -2.34. The van der Waals surface area contributed by atoms with Crippen LogP contribution in [0.5, 0.6) is 0 Å². The summed E-state index contributed by atoms with van der Waals surface area (Å²) in [4.78, 5) is 12.3. The van der Waals surface area contributed by atoms with Crippen molar-refractivity contribution in [3.63, 3.8) is 0 Å². The molecule has 8 heteroatoms. The first-order valence-corrected chi connectivity index (χ1v) is 8.92. The molecule has 0 saturated heterocycles. The highest BCUT2D eigenvalue weighted by atomic mass is 16.5. The van der Waals surface area contributed by atoms with Crippen molar-refractivity contribution in [1.82, 2.24) is 20.7 Å². The molecule has 1 atom stereocenters. The lowest BCUT2D eigenvalue weighted by molar-refractivity contribution is 0.0848. The zero-order valence-corrected chi connectivity index (χ0v) is 14.8. The van der Waals surface area contributed by atoms with Gasteiger partial charge >= 0.3 is 0 Å². The second-order valence-corrected chi connectivity index (χ2v) is 6.86. The van der Waals surface area contributed by atoms with E-state index in [4.69, 9.17) is 8.94 Å². The summed E-state index contributed by atoms with van der Waals surface area (Å²) in [5, 5.41) is 24.1. The van der Waals surface area contributed by atoms with Crippen LogP contribution in [0.3, 0.4) is 0 Å². The van der Waals surface area contributed by atoms with Gasteiger partial charge in [0.05, 0.1) is 0 Å². The molecule has 2 aromatic heterocycles. The normalized spacial score (nSPS) is 20.1. The molecule has 1 aromatic carbocycles. The smallest absolute Gasteiger partial charge is 0.290 e. The summed E-state index contributed by atoms with van der Waals surface area (Å²) < 4.78 is 10.6. The minimum Gasteiger partial charge on any atom is -0.422 e. The number of hydrogen-bond donors (Lipinski definition) is 2. The molecule has 0 radical (unpaired) electrons. The van der Waals surface area contributed by atoms with Crippen LogP contribution in [0, 0.1) is 5.92 Å². The topological polar surface area (TPSA) is 114 Å². The summed E-state index contributed by atoms with van der Waals surface area (Å²) in [6.45, 7) is 1.58. The minimum absolute atomic E-state index is 0.0898. The van der Waals surface area contributed by atoms with E-state index in [2.05, 4.69) is 20.7 Å². The molecule has 1 aliphatic carbocycles. The van der Waals surface area contributed by atoms with Crippen molar-refractivity contribution in [1.29, 1.82) is 0 Å². The van der Waals surface area contributed by atoms with E-state index in [9.17, 15) is 9.90 Å². The third-order valence-electron chi connectivity index (χ3n) is 4.68. The number of amides is 1. The highest BCUT2D eigenvalue weighted by Gasteiger charge is 2.32. The third-order valence-corrected chi connectivity index (χ3v) is 4.68. The lowest BCUT2D eigenvalue weighted by Crippen LogP contribution is -2.44. The Kier molecular flexibility index (Phi) is 4.72. The standard InChI is InChI=1S/C19H20N4O4/c1-11(24)19-22-21-17(26-19)9-12-7-14(8-12)20-18(25)16-10-15(23-27-16)13-5-3-2-4-6-13/h2-6,10-12,14,24H,7-9H2,1H3,(H,20,25)/t11-,12-,14+/m1/s1. The molecular weight excluding hydrogens is 348 g/mol. The molecule has 0 spiro atoms. The van der Waals surface area contributed by atoms with Gasteiger partial charge < -0.3 is 19.4 Å². The van der Waals surface area contributed by atoms with Gasteiger partial charge in [0, 0.05) is 24.1 Å². The van der Waals surface area contributed by atoms with Gasteiger partial charge in [0.25, 0.3) is 5.91 Å². The van der Waals surface area contributed by atoms with Crippen molar-refractivity contribution >= 4 is 5.91 Å². The Hall–Kier alpha value is -3.00. The summed E-state index contributed by atoms with van der Waals surface area (Å²) in [7, 11) is 0. The molecular formula is C19H20N4O4. The second kappa shape index (κ2) is 7.32. The molecule has 0 bridgehead atoms. The highest BCUT2D eigenvalue weighted by molar-refractivity contribution is 5.92. The predicted octanol–water partition coefficient (Wildman–Crippen LogP) is 2.53. The Labute approximate surface area is 155 Å². The monoisotopic (exact) mass is 368 g/mol. The number of aromatic nitrogens is 3. The van der Waals surface area contributed by atoms with Gasteiger partial charge in [-0.1, -0.05) is 35.5 Å². The van der Waals surface area contributed by atoms with Crippen LogP contribution in [-0.2, 0) is 6.42 Å². The molecule has 2 N–H and O–H groups in total. The van der Waals surface area contributed by atoms with E-state index in [0.29, 0.717) is 23.9 Å². The van der Waals surface area contributed by atoms with E-state index < -0.39 is 6.10 Å². The van der Waals surface area contributed by atoms with E-state index in [-0.39, 0.29) is 23.6 Å². The number of aliphatic hydroxyl groups is 1. The molecule has 0 unspecified atom stereocenters. The van der Waals surface area contributed by atoms with Crippen LogP contribution >= 0.6 is 0 Å². The van der Waals surface area contributed by atoms with Crippen LogP contribution in [0.4, 0.5) is 0 Å². The van der Waals surface area contributed by atoms with Crippen LogP contribution in [0.25, 0.3) is 11.3 Å². The summed E-state index contributed by atoms with van der Waals surface area (Å²) in [5.74, 6) is 1.06. The number of nitrogens with one attached hydrogen (secondary N) is 1. The van der Waals surface area contributed by atoms with Crippen molar-refractivity contribution in [2.45, 2.75) is 38.3 Å². The fourth-order valence-electron chi connectivity index (χ4n) is 3.17. The van der Waals surface area contributed by atoms with Gasteiger partial charge in [0.1, 0.15) is 11.8 Å². The maximum absolute atomic E-state index is 12.3. The molecule has 3 aromatic rings. The van der Waals surface area contributed by atoms with Crippen LogP contribution in [0.15, 0.2) is 45.3 Å². The van der Waals surface area contributed by atoms with Crippen LogP contribution in [-0.4, -0.2) is 32.4 Å². The van der Waals surface area contributed by atoms with Gasteiger partial charge in [-0.15, -0.1) is 10.2 Å². The SMILES string of the molecule is C[C@@H](O)c1nnc(C[C@H]2C[C@@H](NC(=O)c3cc(-c4ccccc4)no3)C2)o1. The predicted molar refractivity (Wildman–Crippen MR) is 94.6 cm³/mol. The number of carbonyl (C=O) groups excluding carboxylic acids is 1. The number of carbonyl (C=O) groups is 1. The average Bonchev–Trinajstić information content (AvgIpc) is 3.30. The molecule has 1 aliphatic rings. The van der Waals surface area contributed by atoms with E-state index in [0.717, 1.165) is 18.4 Å². The Morgan fingerprint density at radius 1 is 1.30 bits per heavy atom. The molecule has 4 rings (SSSR count). The third kappa shape index (κ3) is 3.90. The van der Waals surface area contributed by atoms with Crippen molar-refractivity contribution in [2.75, 3.05) is 0 Å². The minimum atomic E-state index is -0.762. The van der Waals surface area contributed by atoms with Crippen LogP contribution < -0.4 is 5.32 Å². The van der Waals surface area contributed by atoms with E-state index >= 15 is 0 Å². The molecule has 27 heavy (non-hydrogen) atoms. The first-order valence-electron chi connectivity index (χ1n) is 8.92. The van der Waals surface area contributed by atoms with Gasteiger partial charge in [-0.25, -0.2) is 0 Å². The van der Waals surface area contributed by atoms with E-state index in [1.165, 1.54) is 0 Å². The molecule has 1 saturated carbocycles. The molecule has 140 valence electrons. The highest BCUT2D eigenvalue weighted by Crippen LogP contribution is 2.31. The fourth-order valence-corrected chi connectivity index (χ4v) is 3.17. The molecule has 8 nitrogen and oxygen atoms in total. The molecule has 1 fully saturated rings. The van der Waals surface area contributed by atoms with Crippen molar-refractivity contribution in [3.8, 4) is 11.3 Å². The zero-order chi connectivity index (χ0) is 18.8. The number of benzene rings is 1. The van der Waals surface area contributed by atoms with Gasteiger partial charge in [0.2, 0.25) is 17.5 Å². The first kappa shape index (κ1) is 17.4. The Bertz CT molecular complexity index is 913. The molecule has 2 heterocycles. The zero-order valence-electron chi connectivity index (χ0n) is 14.8. The van der Waals surface area contributed by atoms with Crippen molar-refractivity contribution in [3.05, 3.63) is 53.9 Å². The number of aliphatic hydroxyl groups excluding tert-OH is 1. The summed E-state index contributed by atoms with van der Waals surface area (Å²) in [5.41, 5.74) is 1.54. The Morgan fingerprint density at radius 3 is 2.78 bits per heavy atom. The number of hydrogen-bond acceptors (Lipinski definition) is 7. The first-order chi connectivity index (χ1) is 13.1. The average molecular weight is 368 g/mol. The molecule has 1 amide bonds. The number of nitrogens with zero attached hydrogens (tertiary/aromatic N) is 3. The maximum atomic E-state index is 12.3. The summed E-state index contributed by atoms with van der Waals surface area (Å²) in [6, 6.07) is 11.3. The van der Waals surface area contributed by atoms with Gasteiger partial charge in [-0.3, -0.25) is 4.79 Å². The van der Waals surface area contributed by atoms with Crippen LogP contribution in [0.2, 0.25) is 0 Å². The maximum Gasteiger partial charge on any atom is 0.290 e. The lowest BCUT2D eigenvalue weighted by atomic mass is 9.78. The quantitative estimate of drug-likeness (QED) is 0.687. The van der Waals surface area contributed by atoms with Gasteiger partial charge in [-0.05, 0) is 25.7 Å². The Morgan fingerprint density at radius 2 is 2.07 bits per heavy atom. The van der Waals surface area contributed by atoms with E-state index in [1.54, 1.807) is 13.0 Å². The fraction of sp³-hybridized carbons (Fsp3) is 0.368. The Balaban J connectivity index is 1.27.